The number of nitrogens with zero attached hydrogens (tertiary/aromatic N) is 4. The molecule has 2 heterocycles. The molecule has 0 spiro atoms. The molecule has 1 aliphatic rings. The monoisotopic (exact) mass is 381 g/mol. The highest BCUT2D eigenvalue weighted by Gasteiger charge is 2.26. The molecule has 0 atom stereocenters. The molecule has 1 fully saturated rings. The third-order valence-corrected chi connectivity index (χ3v) is 5.19. The molecular formula is C21H24FN5O. The van der Waals surface area contributed by atoms with Crippen LogP contribution < -0.4 is 10.2 Å². The first-order valence-electron chi connectivity index (χ1n) is 9.67. The molecule has 3 rings (SSSR count). The summed E-state index contributed by atoms with van der Waals surface area (Å²) in [5.74, 6) is -0.292. The number of carbonyl (C=O) groups is 1. The van der Waals surface area contributed by atoms with E-state index in [2.05, 4.69) is 26.5 Å². The van der Waals surface area contributed by atoms with Crippen molar-refractivity contribution in [1.82, 2.24) is 15.5 Å². The van der Waals surface area contributed by atoms with Gasteiger partial charge in [0.25, 0.3) is 5.91 Å². The number of nitriles is 1. The lowest BCUT2D eigenvalue weighted by Gasteiger charge is -2.33. The minimum Gasteiger partial charge on any atom is -0.354 e. The summed E-state index contributed by atoms with van der Waals surface area (Å²) in [4.78, 5) is 14.4. The summed E-state index contributed by atoms with van der Waals surface area (Å²) in [6.07, 6.45) is 2.88. The molecular weight excluding hydrogens is 357 g/mol. The van der Waals surface area contributed by atoms with Gasteiger partial charge in [0, 0.05) is 19.1 Å². The van der Waals surface area contributed by atoms with Gasteiger partial charge in [0.05, 0.1) is 11.3 Å². The van der Waals surface area contributed by atoms with Gasteiger partial charge in [0.15, 0.2) is 5.82 Å². The third kappa shape index (κ3) is 3.96. The number of aryl methyl sites for hydroxylation is 1. The molecule has 0 radical (unpaired) electrons. The van der Waals surface area contributed by atoms with E-state index in [0.717, 1.165) is 24.1 Å². The van der Waals surface area contributed by atoms with E-state index in [1.54, 1.807) is 12.1 Å². The SMILES string of the molecule is CCc1nnc(N2CCC(NC(=O)c3ccccc3F)CC2)c(C#N)c1CC. The van der Waals surface area contributed by atoms with Crippen molar-refractivity contribution < 1.29 is 9.18 Å². The van der Waals surface area contributed by atoms with Gasteiger partial charge in [-0.1, -0.05) is 26.0 Å². The van der Waals surface area contributed by atoms with Crippen molar-refractivity contribution in [2.24, 2.45) is 0 Å². The highest BCUT2D eigenvalue weighted by molar-refractivity contribution is 5.94. The number of piperidine rings is 1. The van der Waals surface area contributed by atoms with Gasteiger partial charge in [-0.2, -0.15) is 10.4 Å². The number of anilines is 1. The molecule has 7 heteroatoms. The summed E-state index contributed by atoms with van der Waals surface area (Å²) in [6, 6.07) is 8.24. The maximum atomic E-state index is 13.8. The fourth-order valence-electron chi connectivity index (χ4n) is 3.65. The smallest absolute Gasteiger partial charge is 0.254 e. The average Bonchev–Trinajstić information content (AvgIpc) is 2.73. The van der Waals surface area contributed by atoms with E-state index in [1.165, 1.54) is 12.1 Å². The van der Waals surface area contributed by atoms with Gasteiger partial charge >= 0.3 is 0 Å². The Morgan fingerprint density at radius 2 is 1.96 bits per heavy atom. The normalized spacial score (nSPS) is 14.6. The second kappa shape index (κ2) is 8.79. The van der Waals surface area contributed by atoms with E-state index in [-0.39, 0.29) is 11.6 Å². The van der Waals surface area contributed by atoms with Crippen molar-refractivity contribution in [1.29, 1.82) is 5.26 Å². The minimum absolute atomic E-state index is 0.0394. The maximum absolute atomic E-state index is 13.8. The number of nitrogens with one attached hydrogen (secondary N) is 1. The van der Waals surface area contributed by atoms with E-state index in [1.807, 2.05) is 13.8 Å². The van der Waals surface area contributed by atoms with Crippen LogP contribution in [0.2, 0.25) is 0 Å². The zero-order valence-electron chi connectivity index (χ0n) is 16.2. The number of benzene rings is 1. The average molecular weight is 381 g/mol. The Bertz CT molecular complexity index is 900. The summed E-state index contributed by atoms with van der Waals surface area (Å²) < 4.78 is 13.8. The molecule has 1 aromatic carbocycles. The van der Waals surface area contributed by atoms with Crippen LogP contribution in [-0.4, -0.2) is 35.2 Å². The van der Waals surface area contributed by atoms with Gasteiger partial charge in [-0.15, -0.1) is 5.10 Å². The second-order valence-corrected chi connectivity index (χ2v) is 6.86. The van der Waals surface area contributed by atoms with E-state index in [9.17, 15) is 14.4 Å². The Morgan fingerprint density at radius 1 is 1.25 bits per heavy atom. The summed E-state index contributed by atoms with van der Waals surface area (Å²) in [5, 5.41) is 21.2. The second-order valence-electron chi connectivity index (χ2n) is 6.86. The molecule has 28 heavy (non-hydrogen) atoms. The van der Waals surface area contributed by atoms with Gasteiger partial charge in [0.1, 0.15) is 17.4 Å². The molecule has 6 nitrogen and oxygen atoms in total. The first-order valence-corrected chi connectivity index (χ1v) is 9.67. The van der Waals surface area contributed by atoms with Crippen LogP contribution in [-0.2, 0) is 12.8 Å². The largest absolute Gasteiger partial charge is 0.354 e. The summed E-state index contributed by atoms with van der Waals surface area (Å²) in [5.41, 5.74) is 2.49. The quantitative estimate of drug-likeness (QED) is 0.861. The molecule has 2 aromatic rings. The van der Waals surface area contributed by atoms with Crippen molar-refractivity contribution in [3.8, 4) is 6.07 Å². The van der Waals surface area contributed by atoms with E-state index in [4.69, 9.17) is 0 Å². The van der Waals surface area contributed by atoms with Crippen LogP contribution in [0, 0.1) is 17.1 Å². The van der Waals surface area contributed by atoms with Crippen molar-refractivity contribution in [2.45, 2.75) is 45.6 Å². The van der Waals surface area contributed by atoms with Crippen LogP contribution in [0.5, 0.6) is 0 Å². The number of rotatable bonds is 5. The molecule has 1 aliphatic heterocycles. The molecule has 0 unspecified atom stereocenters. The lowest BCUT2D eigenvalue weighted by Crippen LogP contribution is -2.45. The van der Waals surface area contributed by atoms with Crippen LogP contribution in [0.15, 0.2) is 24.3 Å². The van der Waals surface area contributed by atoms with Crippen molar-refractivity contribution in [3.63, 3.8) is 0 Å². The van der Waals surface area contributed by atoms with E-state index in [0.29, 0.717) is 37.3 Å². The Labute approximate surface area is 164 Å². The molecule has 1 saturated heterocycles. The lowest BCUT2D eigenvalue weighted by atomic mass is 10.0. The topological polar surface area (TPSA) is 81.9 Å². The Balaban J connectivity index is 1.68. The lowest BCUT2D eigenvalue weighted by molar-refractivity contribution is 0.0927. The van der Waals surface area contributed by atoms with Crippen LogP contribution in [0.25, 0.3) is 0 Å². The van der Waals surface area contributed by atoms with Gasteiger partial charge in [-0.05, 0) is 43.4 Å². The molecule has 1 amide bonds. The zero-order chi connectivity index (χ0) is 20.1. The van der Waals surface area contributed by atoms with Crippen molar-refractivity contribution in [3.05, 3.63) is 52.5 Å². The first kappa shape index (κ1) is 19.7. The van der Waals surface area contributed by atoms with Crippen LogP contribution >= 0.6 is 0 Å². The zero-order valence-corrected chi connectivity index (χ0v) is 16.2. The molecule has 1 N–H and O–H groups in total. The molecule has 0 saturated carbocycles. The summed E-state index contributed by atoms with van der Waals surface area (Å²) in [6.45, 7) is 5.33. The Kier molecular flexibility index (Phi) is 6.19. The van der Waals surface area contributed by atoms with E-state index >= 15 is 0 Å². The fourth-order valence-corrected chi connectivity index (χ4v) is 3.65. The number of aromatic nitrogens is 2. The number of halogens is 1. The Hall–Kier alpha value is -3.01. The first-order chi connectivity index (χ1) is 13.6. The molecule has 0 aliphatic carbocycles. The third-order valence-electron chi connectivity index (χ3n) is 5.19. The van der Waals surface area contributed by atoms with Gasteiger partial charge in [-0.3, -0.25) is 4.79 Å². The van der Waals surface area contributed by atoms with E-state index < -0.39 is 11.7 Å². The van der Waals surface area contributed by atoms with Crippen LogP contribution in [0.1, 0.15) is 53.9 Å². The van der Waals surface area contributed by atoms with Crippen LogP contribution in [0.3, 0.4) is 0 Å². The van der Waals surface area contributed by atoms with Crippen LogP contribution in [0.4, 0.5) is 10.2 Å². The summed E-state index contributed by atoms with van der Waals surface area (Å²) in [7, 11) is 0. The van der Waals surface area contributed by atoms with Gasteiger partial charge in [0.2, 0.25) is 0 Å². The van der Waals surface area contributed by atoms with Crippen molar-refractivity contribution >= 4 is 11.7 Å². The number of hydrogen-bond acceptors (Lipinski definition) is 5. The predicted molar refractivity (Wildman–Crippen MR) is 105 cm³/mol. The minimum atomic E-state index is -0.519. The van der Waals surface area contributed by atoms with Gasteiger partial charge in [-0.25, -0.2) is 4.39 Å². The number of amides is 1. The molecule has 0 bridgehead atoms. The van der Waals surface area contributed by atoms with Crippen molar-refractivity contribution in [2.75, 3.05) is 18.0 Å². The number of carbonyl (C=O) groups excluding carboxylic acids is 1. The molecule has 1 aromatic heterocycles. The highest BCUT2D eigenvalue weighted by atomic mass is 19.1. The predicted octanol–water partition coefficient (Wildman–Crippen LogP) is 3.01. The molecule has 146 valence electrons. The fraction of sp³-hybridized carbons (Fsp3) is 0.429. The number of hydrogen-bond donors (Lipinski definition) is 1. The summed E-state index contributed by atoms with van der Waals surface area (Å²) >= 11 is 0. The van der Waals surface area contributed by atoms with Gasteiger partial charge < -0.3 is 10.2 Å². The maximum Gasteiger partial charge on any atom is 0.254 e. The standard InChI is InChI=1S/C21H24FN5O/c1-3-15-17(13-23)20(26-25-19(15)4-2)27-11-9-14(10-12-27)24-21(28)16-7-5-6-8-18(16)22/h5-8,14H,3-4,9-12H2,1-2H3,(H,24,28). The Morgan fingerprint density at radius 3 is 2.57 bits per heavy atom. The highest BCUT2D eigenvalue weighted by Crippen LogP contribution is 2.26.